The van der Waals surface area contributed by atoms with Gasteiger partial charge in [0, 0.05) is 11.8 Å². The standard InChI is InChI=1S/C16H13N3O7S/c1-27(24,25)9-4-2-8(3-5-9)13-12-10(26-19-13)6-17-14(15(12)22)16(23)18-7-11(20)21/h2-6,22H,7H2,1H3,(H,18,23)(H,20,21). The van der Waals surface area contributed by atoms with Gasteiger partial charge in [0.25, 0.3) is 5.91 Å². The van der Waals surface area contributed by atoms with Gasteiger partial charge in [0.05, 0.1) is 16.5 Å². The molecule has 0 aliphatic rings. The molecular weight excluding hydrogens is 378 g/mol. The monoisotopic (exact) mass is 391 g/mol. The first-order chi connectivity index (χ1) is 12.7. The number of pyridine rings is 1. The SMILES string of the molecule is CS(=O)(=O)c1ccc(-c2noc3cnc(C(=O)NCC(=O)O)c(O)c23)cc1. The van der Waals surface area contributed by atoms with Crippen molar-refractivity contribution >= 4 is 32.7 Å². The third-order valence-corrected chi connectivity index (χ3v) is 4.79. The molecular formula is C16H13N3O7S. The zero-order valence-electron chi connectivity index (χ0n) is 13.8. The minimum atomic E-state index is -3.37. The van der Waals surface area contributed by atoms with Crippen molar-refractivity contribution < 1.29 is 32.7 Å². The Morgan fingerprint density at radius 1 is 1.22 bits per heavy atom. The number of rotatable bonds is 5. The van der Waals surface area contributed by atoms with Crippen LogP contribution in [0.2, 0.25) is 0 Å². The lowest BCUT2D eigenvalue weighted by Crippen LogP contribution is -2.29. The van der Waals surface area contributed by atoms with Gasteiger partial charge in [0.1, 0.15) is 12.2 Å². The number of carbonyl (C=O) groups excluding carboxylic acids is 1. The van der Waals surface area contributed by atoms with Crippen molar-refractivity contribution in [1.29, 1.82) is 0 Å². The van der Waals surface area contributed by atoms with Crippen LogP contribution in [0.1, 0.15) is 10.5 Å². The van der Waals surface area contributed by atoms with Crippen LogP contribution in [-0.2, 0) is 14.6 Å². The summed E-state index contributed by atoms with van der Waals surface area (Å²) in [7, 11) is -3.37. The minimum absolute atomic E-state index is 0.0950. The molecule has 11 heteroatoms. The summed E-state index contributed by atoms with van der Waals surface area (Å²) in [4.78, 5) is 26.5. The predicted octanol–water partition coefficient (Wildman–Crippen LogP) is 0.813. The maximum absolute atomic E-state index is 12.0. The molecule has 0 aliphatic heterocycles. The maximum atomic E-state index is 12.0. The summed E-state index contributed by atoms with van der Waals surface area (Å²) in [6.07, 6.45) is 2.25. The average Bonchev–Trinajstić information content (AvgIpc) is 3.04. The van der Waals surface area contributed by atoms with Crippen LogP contribution in [0.5, 0.6) is 5.75 Å². The molecule has 2 heterocycles. The van der Waals surface area contributed by atoms with Crippen molar-refractivity contribution in [2.75, 3.05) is 12.8 Å². The Bertz CT molecular complexity index is 1150. The molecule has 10 nitrogen and oxygen atoms in total. The number of benzene rings is 1. The van der Waals surface area contributed by atoms with Crippen molar-refractivity contribution in [3.05, 3.63) is 36.2 Å². The minimum Gasteiger partial charge on any atom is -0.505 e. The van der Waals surface area contributed by atoms with Crippen LogP contribution in [-0.4, -0.2) is 53.4 Å². The second kappa shape index (κ2) is 6.68. The van der Waals surface area contributed by atoms with E-state index in [1.807, 2.05) is 0 Å². The molecule has 3 N–H and O–H groups in total. The topological polar surface area (TPSA) is 160 Å². The molecule has 2 aromatic heterocycles. The lowest BCUT2D eigenvalue weighted by Gasteiger charge is -2.05. The predicted molar refractivity (Wildman–Crippen MR) is 92.0 cm³/mol. The van der Waals surface area contributed by atoms with E-state index < -0.39 is 34.0 Å². The van der Waals surface area contributed by atoms with Crippen LogP contribution in [0.4, 0.5) is 0 Å². The van der Waals surface area contributed by atoms with Crippen molar-refractivity contribution in [2.24, 2.45) is 0 Å². The number of sulfone groups is 1. The number of amides is 1. The van der Waals surface area contributed by atoms with E-state index in [0.717, 1.165) is 6.26 Å². The Morgan fingerprint density at radius 2 is 1.89 bits per heavy atom. The summed E-state index contributed by atoms with van der Waals surface area (Å²) in [5.41, 5.74) is 0.335. The van der Waals surface area contributed by atoms with Crippen molar-refractivity contribution in [1.82, 2.24) is 15.5 Å². The smallest absolute Gasteiger partial charge is 0.322 e. The van der Waals surface area contributed by atoms with Gasteiger partial charge in [0.2, 0.25) is 0 Å². The Kier molecular flexibility index (Phi) is 4.54. The Morgan fingerprint density at radius 3 is 2.48 bits per heavy atom. The van der Waals surface area contributed by atoms with Crippen LogP contribution < -0.4 is 5.32 Å². The van der Waals surface area contributed by atoms with Crippen LogP contribution in [0.15, 0.2) is 39.9 Å². The van der Waals surface area contributed by atoms with E-state index in [-0.39, 0.29) is 27.3 Å². The van der Waals surface area contributed by atoms with Gasteiger partial charge in [-0.2, -0.15) is 0 Å². The fraction of sp³-hybridized carbons (Fsp3) is 0.125. The number of carbonyl (C=O) groups is 2. The second-order valence-corrected chi connectivity index (χ2v) is 7.61. The average molecular weight is 391 g/mol. The molecule has 3 rings (SSSR count). The third kappa shape index (κ3) is 3.58. The quantitative estimate of drug-likeness (QED) is 0.572. The van der Waals surface area contributed by atoms with Gasteiger partial charge >= 0.3 is 5.97 Å². The van der Waals surface area contributed by atoms with Crippen molar-refractivity contribution in [3.63, 3.8) is 0 Å². The Labute approximate surface area is 152 Å². The zero-order chi connectivity index (χ0) is 19.8. The van der Waals surface area contributed by atoms with Gasteiger partial charge in [-0.1, -0.05) is 17.3 Å². The highest BCUT2D eigenvalue weighted by atomic mass is 32.2. The van der Waals surface area contributed by atoms with E-state index in [1.54, 1.807) is 0 Å². The lowest BCUT2D eigenvalue weighted by atomic mass is 10.1. The maximum Gasteiger partial charge on any atom is 0.322 e. The molecule has 0 unspecified atom stereocenters. The molecule has 3 aromatic rings. The summed E-state index contributed by atoms with van der Waals surface area (Å²) in [6.45, 7) is -0.637. The van der Waals surface area contributed by atoms with Gasteiger partial charge in [-0.15, -0.1) is 0 Å². The van der Waals surface area contributed by atoms with E-state index in [1.165, 1.54) is 30.5 Å². The second-order valence-electron chi connectivity index (χ2n) is 5.60. The molecule has 0 aliphatic carbocycles. The Balaban J connectivity index is 2.06. The van der Waals surface area contributed by atoms with Crippen LogP contribution in [0, 0.1) is 0 Å². The zero-order valence-corrected chi connectivity index (χ0v) is 14.6. The first-order valence-corrected chi connectivity index (χ1v) is 9.35. The summed E-state index contributed by atoms with van der Waals surface area (Å²) < 4.78 is 28.2. The summed E-state index contributed by atoms with van der Waals surface area (Å²) >= 11 is 0. The number of fused-ring (bicyclic) bond motifs is 1. The first-order valence-electron chi connectivity index (χ1n) is 7.46. The number of aromatic nitrogens is 2. The van der Waals surface area contributed by atoms with E-state index in [9.17, 15) is 23.1 Å². The number of nitrogens with zero attached hydrogens (tertiary/aromatic N) is 2. The van der Waals surface area contributed by atoms with Gasteiger partial charge in [-0.05, 0) is 12.1 Å². The summed E-state index contributed by atoms with van der Waals surface area (Å²) in [5, 5.41) is 25.1. The molecule has 0 bridgehead atoms. The lowest BCUT2D eigenvalue weighted by molar-refractivity contribution is -0.135. The number of hydrogen-bond donors (Lipinski definition) is 3. The Hall–Kier alpha value is -3.47. The fourth-order valence-electron chi connectivity index (χ4n) is 2.39. The van der Waals surface area contributed by atoms with E-state index >= 15 is 0 Å². The summed E-state index contributed by atoms with van der Waals surface area (Å²) in [6, 6.07) is 5.73. The molecule has 27 heavy (non-hydrogen) atoms. The molecule has 0 spiro atoms. The van der Waals surface area contributed by atoms with E-state index in [4.69, 9.17) is 9.63 Å². The van der Waals surface area contributed by atoms with Gasteiger partial charge in [-0.25, -0.2) is 13.4 Å². The number of carboxylic acid groups (broad SMARTS) is 1. The van der Waals surface area contributed by atoms with E-state index in [0.29, 0.717) is 5.56 Å². The number of aliphatic carboxylic acids is 1. The molecule has 140 valence electrons. The van der Waals surface area contributed by atoms with Gasteiger partial charge in [-0.3, -0.25) is 9.59 Å². The van der Waals surface area contributed by atoms with Crippen molar-refractivity contribution in [3.8, 4) is 17.0 Å². The highest BCUT2D eigenvalue weighted by Crippen LogP contribution is 2.35. The van der Waals surface area contributed by atoms with E-state index in [2.05, 4.69) is 15.5 Å². The van der Waals surface area contributed by atoms with Crippen LogP contribution in [0.25, 0.3) is 22.2 Å². The number of carboxylic acids is 1. The van der Waals surface area contributed by atoms with Gasteiger partial charge in [0.15, 0.2) is 26.9 Å². The fourth-order valence-corrected chi connectivity index (χ4v) is 3.02. The first kappa shape index (κ1) is 18.3. The molecule has 1 amide bonds. The normalized spacial score (nSPS) is 11.4. The number of nitrogens with one attached hydrogen (secondary N) is 1. The molecule has 0 radical (unpaired) electrons. The molecule has 0 atom stereocenters. The molecule has 1 aromatic carbocycles. The largest absolute Gasteiger partial charge is 0.505 e. The van der Waals surface area contributed by atoms with Crippen molar-refractivity contribution in [2.45, 2.75) is 4.90 Å². The highest BCUT2D eigenvalue weighted by Gasteiger charge is 2.22. The molecule has 0 saturated carbocycles. The van der Waals surface area contributed by atoms with Gasteiger partial charge < -0.3 is 20.1 Å². The van der Waals surface area contributed by atoms with Crippen LogP contribution in [0.3, 0.4) is 0 Å². The molecule has 0 saturated heterocycles. The molecule has 0 fully saturated rings. The number of aromatic hydroxyl groups is 1. The summed E-state index contributed by atoms with van der Waals surface area (Å²) in [5.74, 6) is -2.66. The number of hydrogen-bond acceptors (Lipinski definition) is 8. The van der Waals surface area contributed by atoms with Crippen LogP contribution >= 0.6 is 0 Å². The third-order valence-electron chi connectivity index (χ3n) is 3.66. The highest BCUT2D eigenvalue weighted by molar-refractivity contribution is 7.90.